The molecule has 0 spiro atoms. The summed E-state index contributed by atoms with van der Waals surface area (Å²) in [6, 6.07) is 13.0. The third-order valence-corrected chi connectivity index (χ3v) is 7.23. The van der Waals surface area contributed by atoms with Crippen molar-refractivity contribution < 1.29 is 18.4 Å². The van der Waals surface area contributed by atoms with Crippen LogP contribution in [-0.2, 0) is 15.8 Å². The molecule has 0 aliphatic rings. The number of benzene rings is 2. The smallest absolute Gasteiger partial charge is 0.293 e. The molecule has 4 rings (SSSR count). The first kappa shape index (κ1) is 25.9. The van der Waals surface area contributed by atoms with E-state index in [1.54, 1.807) is 42.5 Å². The first-order valence-corrected chi connectivity index (χ1v) is 13.0. The van der Waals surface area contributed by atoms with Crippen LogP contribution >= 0.6 is 23.2 Å². The second-order valence-electron chi connectivity index (χ2n) is 7.68. The Bertz CT molecular complexity index is 1610. The number of halogens is 2. The van der Waals surface area contributed by atoms with Crippen molar-refractivity contribution in [3.8, 4) is 22.5 Å². The van der Waals surface area contributed by atoms with Gasteiger partial charge in [-0.1, -0.05) is 47.5 Å². The second-order valence-corrected chi connectivity index (χ2v) is 10.3. The Labute approximate surface area is 216 Å². The van der Waals surface area contributed by atoms with Crippen LogP contribution in [0.15, 0.2) is 53.3 Å². The molecule has 10 nitrogen and oxygen atoms in total. The molecule has 0 bridgehead atoms. The Balaban J connectivity index is 1.85. The minimum atomic E-state index is -3.66. The summed E-state index contributed by atoms with van der Waals surface area (Å²) in [7, 11) is -2.35. The van der Waals surface area contributed by atoms with E-state index in [-0.39, 0.29) is 51.8 Å². The molecule has 2 aromatic heterocycles. The van der Waals surface area contributed by atoms with Crippen molar-refractivity contribution in [2.45, 2.75) is 5.75 Å². The summed E-state index contributed by atoms with van der Waals surface area (Å²) in [5, 5.41) is 9.75. The van der Waals surface area contributed by atoms with Gasteiger partial charge in [0.1, 0.15) is 12.9 Å². The molecule has 36 heavy (non-hydrogen) atoms. The lowest BCUT2D eigenvalue weighted by Crippen LogP contribution is -2.28. The third kappa shape index (κ3) is 5.15. The highest BCUT2D eigenvalue weighted by molar-refractivity contribution is 7.88. The molecule has 2 heterocycles. The molecule has 0 saturated carbocycles. The second kappa shape index (κ2) is 10.4. The van der Waals surface area contributed by atoms with Crippen molar-refractivity contribution in [3.05, 3.63) is 74.5 Å². The van der Waals surface area contributed by atoms with E-state index < -0.39 is 15.6 Å². The number of nitrogens with zero attached hydrogens (tertiary/aromatic N) is 3. The summed E-state index contributed by atoms with van der Waals surface area (Å²) in [5.74, 6) is -0.0848. The first-order valence-electron chi connectivity index (χ1n) is 10.5. The number of fused-ring (bicyclic) bond motifs is 1. The van der Waals surface area contributed by atoms with Crippen LogP contribution in [0.5, 0.6) is 0 Å². The average Bonchev–Trinajstić information content (AvgIpc) is 2.83. The van der Waals surface area contributed by atoms with E-state index in [0.717, 1.165) is 4.73 Å². The Morgan fingerprint density at radius 1 is 1.11 bits per heavy atom. The van der Waals surface area contributed by atoms with Gasteiger partial charge in [0.2, 0.25) is 10.0 Å². The van der Waals surface area contributed by atoms with Crippen LogP contribution in [-0.4, -0.2) is 48.5 Å². The molecule has 2 aromatic carbocycles. The molecule has 0 atom stereocenters. The van der Waals surface area contributed by atoms with Gasteiger partial charge in [0.05, 0.1) is 33.4 Å². The average molecular weight is 550 g/mol. The number of sulfonamides is 1. The normalized spacial score (nSPS) is 11.7. The minimum absolute atomic E-state index is 0.0628. The number of aliphatic hydroxyl groups is 1. The van der Waals surface area contributed by atoms with Gasteiger partial charge in [-0.2, -0.15) is 0 Å². The molecule has 13 heteroatoms. The predicted octanol–water partition coefficient (Wildman–Crippen LogP) is 2.48. The molecule has 188 valence electrons. The van der Waals surface area contributed by atoms with E-state index in [4.69, 9.17) is 38.9 Å². The van der Waals surface area contributed by atoms with Crippen LogP contribution in [0.25, 0.3) is 33.5 Å². The van der Waals surface area contributed by atoms with Crippen LogP contribution in [0.1, 0.15) is 5.56 Å². The highest BCUT2D eigenvalue weighted by atomic mass is 35.5. The van der Waals surface area contributed by atoms with Crippen LogP contribution in [0, 0.1) is 0 Å². The van der Waals surface area contributed by atoms with E-state index in [2.05, 4.69) is 14.7 Å². The number of nitrogen functional groups attached to an aromatic ring is 1. The molecule has 4 aromatic rings. The topological polar surface area (TPSA) is 149 Å². The maximum Gasteiger partial charge on any atom is 0.293 e. The molecule has 0 saturated heterocycles. The number of nitrogens with one attached hydrogen (secondary N) is 1. The maximum atomic E-state index is 13.3. The quantitative estimate of drug-likeness (QED) is 0.303. The monoisotopic (exact) mass is 549 g/mol. The van der Waals surface area contributed by atoms with Gasteiger partial charge >= 0.3 is 0 Å². The molecular weight excluding hydrogens is 529 g/mol. The molecule has 0 radical (unpaired) electrons. The maximum absolute atomic E-state index is 13.3. The lowest BCUT2D eigenvalue weighted by atomic mass is 10.1. The molecular formula is C23H21Cl2N5O5S. The van der Waals surface area contributed by atoms with Crippen molar-refractivity contribution >= 4 is 50.1 Å². The summed E-state index contributed by atoms with van der Waals surface area (Å²) in [5.41, 5.74) is 7.25. The van der Waals surface area contributed by atoms with Gasteiger partial charge in [-0.05, 0) is 29.8 Å². The first-order chi connectivity index (χ1) is 17.1. The van der Waals surface area contributed by atoms with Gasteiger partial charge < -0.3 is 15.7 Å². The van der Waals surface area contributed by atoms with Gasteiger partial charge in [-0.15, -0.1) is 4.73 Å². The molecule has 4 N–H and O–H groups in total. The van der Waals surface area contributed by atoms with E-state index in [0.29, 0.717) is 22.1 Å². The standard InChI is InChI=1S/C23H21Cl2N5O5S/c1-35-30-22-16(11-15(23(30)32)19-17(24)6-3-7-18(19)25)20(26)28-21(29-22)14-5-2-4-13(10-14)12-36(33,34)27-8-9-31/h2-7,10-11,27,31H,8-9,12H2,1H3,(H2,26,28,29). The summed E-state index contributed by atoms with van der Waals surface area (Å²) in [6.07, 6.45) is 0. The number of hydrogen-bond acceptors (Lipinski definition) is 8. The zero-order valence-corrected chi connectivity index (χ0v) is 21.2. The predicted molar refractivity (Wildman–Crippen MR) is 139 cm³/mol. The van der Waals surface area contributed by atoms with Crippen molar-refractivity contribution in [1.29, 1.82) is 0 Å². The summed E-state index contributed by atoms with van der Waals surface area (Å²) in [6.45, 7) is -0.392. The van der Waals surface area contributed by atoms with Crippen molar-refractivity contribution in [2.75, 3.05) is 26.0 Å². The van der Waals surface area contributed by atoms with E-state index in [1.807, 2.05) is 0 Å². The van der Waals surface area contributed by atoms with Gasteiger partial charge in [-0.25, -0.2) is 23.1 Å². The fourth-order valence-electron chi connectivity index (χ4n) is 3.68. The fourth-order valence-corrected chi connectivity index (χ4v) is 5.41. The zero-order valence-electron chi connectivity index (χ0n) is 18.9. The lowest BCUT2D eigenvalue weighted by molar-refractivity contribution is 0.168. The molecule has 0 aliphatic carbocycles. The number of hydrogen-bond donors (Lipinski definition) is 3. The number of aromatic nitrogens is 3. The minimum Gasteiger partial charge on any atom is -0.412 e. The number of anilines is 1. The Morgan fingerprint density at radius 2 is 1.81 bits per heavy atom. The Hall–Kier alpha value is -3.22. The SMILES string of the molecule is COn1c(=O)c(-c2c(Cl)cccc2Cl)cc2c(N)nc(-c3cccc(CS(=O)(=O)NCCO)c3)nc21. The van der Waals surface area contributed by atoms with Crippen molar-refractivity contribution in [2.24, 2.45) is 0 Å². The van der Waals surface area contributed by atoms with Gasteiger partial charge in [0, 0.05) is 17.7 Å². The van der Waals surface area contributed by atoms with Gasteiger partial charge in [-0.3, -0.25) is 4.79 Å². The van der Waals surface area contributed by atoms with Crippen LogP contribution in [0.2, 0.25) is 10.0 Å². The largest absolute Gasteiger partial charge is 0.412 e. The number of pyridine rings is 1. The van der Waals surface area contributed by atoms with Gasteiger partial charge in [0.15, 0.2) is 11.5 Å². The van der Waals surface area contributed by atoms with Crippen molar-refractivity contribution in [1.82, 2.24) is 19.4 Å². The number of aliphatic hydroxyl groups excluding tert-OH is 1. The summed E-state index contributed by atoms with van der Waals surface area (Å²) in [4.78, 5) is 27.5. The third-order valence-electron chi connectivity index (χ3n) is 5.24. The molecule has 0 fully saturated rings. The zero-order chi connectivity index (χ0) is 26.0. The number of rotatable bonds is 8. The fraction of sp³-hybridized carbons (Fsp3) is 0.174. The summed E-state index contributed by atoms with van der Waals surface area (Å²) >= 11 is 12.6. The molecule has 0 amide bonds. The number of nitrogens with two attached hydrogens (primary N) is 1. The van der Waals surface area contributed by atoms with E-state index in [9.17, 15) is 13.2 Å². The van der Waals surface area contributed by atoms with Crippen LogP contribution in [0.3, 0.4) is 0 Å². The summed E-state index contributed by atoms with van der Waals surface area (Å²) < 4.78 is 27.7. The highest BCUT2D eigenvalue weighted by Crippen LogP contribution is 2.34. The van der Waals surface area contributed by atoms with Gasteiger partial charge in [0.25, 0.3) is 5.56 Å². The van der Waals surface area contributed by atoms with Crippen LogP contribution < -0.4 is 20.9 Å². The highest BCUT2D eigenvalue weighted by Gasteiger charge is 2.20. The van der Waals surface area contributed by atoms with Crippen molar-refractivity contribution in [3.63, 3.8) is 0 Å². The Kier molecular flexibility index (Phi) is 7.48. The van der Waals surface area contributed by atoms with E-state index in [1.165, 1.54) is 13.2 Å². The van der Waals surface area contributed by atoms with Crippen LogP contribution in [0.4, 0.5) is 5.82 Å². The van der Waals surface area contributed by atoms with E-state index >= 15 is 0 Å². The Morgan fingerprint density at radius 3 is 2.47 bits per heavy atom. The molecule has 0 unspecified atom stereocenters. The molecule has 0 aliphatic heterocycles. The lowest BCUT2D eigenvalue weighted by Gasteiger charge is -2.14.